The van der Waals surface area contributed by atoms with Crippen molar-refractivity contribution in [2.24, 2.45) is 0 Å². The van der Waals surface area contributed by atoms with Gasteiger partial charge in [-0.15, -0.1) is 11.3 Å². The second kappa shape index (κ2) is 9.73. The molecule has 0 spiro atoms. The number of thiophene rings is 1. The standard InChI is InChI=1S/C22H21ClN2O4S/c1-2-3-6-20-24-12-16(11-17(22(28)29)19-5-4-9-30-19)25(20)13-15-8-7-14(21(26)27)10-18(15)23/h4-5,7-12H,2-3,6,13H2,1H3,(H,26,27)(H,28,29)/b17-11+. The number of unbranched alkanes of at least 4 members (excludes halogenated alkanes) is 1. The van der Waals surface area contributed by atoms with E-state index in [0.29, 0.717) is 22.1 Å². The molecule has 1 aromatic carbocycles. The van der Waals surface area contributed by atoms with Gasteiger partial charge in [0.15, 0.2) is 0 Å². The van der Waals surface area contributed by atoms with Crippen molar-refractivity contribution in [3.05, 3.63) is 74.5 Å². The van der Waals surface area contributed by atoms with Crippen LogP contribution in [-0.2, 0) is 17.8 Å². The Balaban J connectivity index is 2.04. The minimum Gasteiger partial charge on any atom is -0.478 e. The highest BCUT2D eigenvalue weighted by atomic mass is 35.5. The zero-order valence-electron chi connectivity index (χ0n) is 16.3. The molecule has 0 aliphatic carbocycles. The molecule has 3 aromatic rings. The minimum absolute atomic E-state index is 0.117. The summed E-state index contributed by atoms with van der Waals surface area (Å²) in [5.74, 6) is -1.22. The summed E-state index contributed by atoms with van der Waals surface area (Å²) in [7, 11) is 0. The first-order valence-corrected chi connectivity index (χ1v) is 10.7. The van der Waals surface area contributed by atoms with Crippen LogP contribution in [0.15, 0.2) is 41.9 Å². The van der Waals surface area contributed by atoms with Crippen molar-refractivity contribution in [1.29, 1.82) is 0 Å². The lowest BCUT2D eigenvalue weighted by Gasteiger charge is -2.13. The third kappa shape index (κ3) is 4.98. The number of imidazole rings is 1. The van der Waals surface area contributed by atoms with Crippen molar-refractivity contribution in [1.82, 2.24) is 9.55 Å². The van der Waals surface area contributed by atoms with E-state index in [2.05, 4.69) is 11.9 Å². The van der Waals surface area contributed by atoms with Crippen molar-refractivity contribution >= 4 is 46.5 Å². The maximum atomic E-state index is 11.8. The van der Waals surface area contributed by atoms with Crippen LogP contribution in [0.5, 0.6) is 0 Å². The molecule has 0 aliphatic heterocycles. The first-order valence-electron chi connectivity index (χ1n) is 9.45. The number of carbonyl (C=O) groups is 2. The fraction of sp³-hybridized carbons (Fsp3) is 0.227. The van der Waals surface area contributed by atoms with E-state index in [1.807, 2.05) is 16.0 Å². The Morgan fingerprint density at radius 1 is 1.27 bits per heavy atom. The molecule has 0 bridgehead atoms. The number of aryl methyl sites for hydroxylation is 1. The Hall–Kier alpha value is -2.90. The molecule has 0 unspecified atom stereocenters. The van der Waals surface area contributed by atoms with Crippen LogP contribution in [0.25, 0.3) is 11.6 Å². The number of benzene rings is 1. The van der Waals surface area contributed by atoms with Gasteiger partial charge in [-0.1, -0.05) is 37.1 Å². The molecule has 0 fully saturated rings. The number of aromatic nitrogens is 2. The quantitative estimate of drug-likeness (QED) is 0.436. The molecular weight excluding hydrogens is 424 g/mol. The molecule has 3 rings (SSSR count). The molecule has 30 heavy (non-hydrogen) atoms. The van der Waals surface area contributed by atoms with E-state index in [0.717, 1.165) is 30.7 Å². The number of carboxylic acid groups (broad SMARTS) is 2. The van der Waals surface area contributed by atoms with Gasteiger partial charge >= 0.3 is 11.9 Å². The summed E-state index contributed by atoms with van der Waals surface area (Å²) in [4.78, 5) is 28.2. The lowest BCUT2D eigenvalue weighted by atomic mass is 10.1. The molecule has 2 aromatic heterocycles. The molecule has 0 aliphatic rings. The summed E-state index contributed by atoms with van der Waals surface area (Å²) in [6, 6.07) is 8.19. The van der Waals surface area contributed by atoms with Gasteiger partial charge in [-0.3, -0.25) is 0 Å². The Labute approximate surface area is 183 Å². The summed E-state index contributed by atoms with van der Waals surface area (Å²) in [5, 5.41) is 21.0. The highest BCUT2D eigenvalue weighted by molar-refractivity contribution is 7.11. The first-order chi connectivity index (χ1) is 14.4. The van der Waals surface area contributed by atoms with Crippen LogP contribution in [0.3, 0.4) is 0 Å². The number of hydrogen-bond donors (Lipinski definition) is 2. The number of aromatic carboxylic acids is 1. The molecule has 0 radical (unpaired) electrons. The Morgan fingerprint density at radius 2 is 2.07 bits per heavy atom. The van der Waals surface area contributed by atoms with Gasteiger partial charge in [0.2, 0.25) is 0 Å². The highest BCUT2D eigenvalue weighted by Gasteiger charge is 2.16. The topological polar surface area (TPSA) is 92.4 Å². The number of aliphatic carboxylic acids is 1. The minimum atomic E-state index is -1.04. The summed E-state index contributed by atoms with van der Waals surface area (Å²) in [6.45, 7) is 2.45. The highest BCUT2D eigenvalue weighted by Crippen LogP contribution is 2.26. The molecule has 156 valence electrons. The van der Waals surface area contributed by atoms with Crippen molar-refractivity contribution in [2.45, 2.75) is 32.7 Å². The van der Waals surface area contributed by atoms with Crippen LogP contribution in [0, 0.1) is 0 Å². The van der Waals surface area contributed by atoms with E-state index < -0.39 is 11.9 Å². The SMILES string of the molecule is CCCCc1ncc(/C=C(/C(=O)O)c2cccs2)n1Cc1ccc(C(=O)O)cc1Cl. The van der Waals surface area contributed by atoms with Crippen LogP contribution < -0.4 is 0 Å². The lowest BCUT2D eigenvalue weighted by Crippen LogP contribution is -2.09. The van der Waals surface area contributed by atoms with E-state index >= 15 is 0 Å². The third-order valence-corrected chi connectivity index (χ3v) is 5.92. The first kappa shape index (κ1) is 21.8. The molecule has 0 saturated heterocycles. The maximum absolute atomic E-state index is 11.8. The van der Waals surface area contributed by atoms with Crippen molar-refractivity contribution < 1.29 is 19.8 Å². The average molecular weight is 445 g/mol. The van der Waals surface area contributed by atoms with Crippen LogP contribution in [0.2, 0.25) is 5.02 Å². The molecule has 0 atom stereocenters. The number of nitrogens with zero attached hydrogens (tertiary/aromatic N) is 2. The summed E-state index contributed by atoms with van der Waals surface area (Å²) >= 11 is 7.69. The lowest BCUT2D eigenvalue weighted by molar-refractivity contribution is -0.130. The van der Waals surface area contributed by atoms with Crippen LogP contribution in [0.4, 0.5) is 0 Å². The molecule has 2 N–H and O–H groups in total. The smallest absolute Gasteiger partial charge is 0.337 e. The van der Waals surface area contributed by atoms with Crippen molar-refractivity contribution in [3.8, 4) is 0 Å². The molecule has 0 saturated carbocycles. The van der Waals surface area contributed by atoms with Gasteiger partial charge in [-0.05, 0) is 41.6 Å². The molecule has 6 nitrogen and oxygen atoms in total. The normalized spacial score (nSPS) is 11.6. The van der Waals surface area contributed by atoms with Crippen molar-refractivity contribution in [3.63, 3.8) is 0 Å². The fourth-order valence-electron chi connectivity index (χ4n) is 3.06. The maximum Gasteiger partial charge on any atom is 0.337 e. The Morgan fingerprint density at radius 3 is 2.67 bits per heavy atom. The van der Waals surface area contributed by atoms with E-state index in [1.165, 1.54) is 23.5 Å². The predicted molar refractivity (Wildman–Crippen MR) is 118 cm³/mol. The second-order valence-electron chi connectivity index (χ2n) is 6.74. The molecular formula is C22H21ClN2O4S. The second-order valence-corrected chi connectivity index (χ2v) is 8.10. The van der Waals surface area contributed by atoms with Crippen LogP contribution >= 0.6 is 22.9 Å². The Kier molecular flexibility index (Phi) is 7.07. The zero-order chi connectivity index (χ0) is 21.7. The van der Waals surface area contributed by atoms with Gasteiger partial charge in [0, 0.05) is 16.3 Å². The van der Waals surface area contributed by atoms with E-state index in [9.17, 15) is 14.7 Å². The predicted octanol–water partition coefficient (Wildman–Crippen LogP) is 5.31. The monoisotopic (exact) mass is 444 g/mol. The number of rotatable bonds is 9. The molecule has 0 amide bonds. The van der Waals surface area contributed by atoms with Gasteiger partial charge in [0.1, 0.15) is 5.82 Å². The Bertz CT molecular complexity index is 1090. The van der Waals surface area contributed by atoms with Gasteiger partial charge in [-0.2, -0.15) is 0 Å². The van der Waals surface area contributed by atoms with Crippen LogP contribution in [-0.4, -0.2) is 31.7 Å². The van der Waals surface area contributed by atoms with E-state index in [1.54, 1.807) is 24.4 Å². The van der Waals surface area contributed by atoms with Gasteiger partial charge in [-0.25, -0.2) is 14.6 Å². The number of carboxylic acids is 2. The van der Waals surface area contributed by atoms with Gasteiger partial charge in [0.25, 0.3) is 0 Å². The van der Waals surface area contributed by atoms with Crippen molar-refractivity contribution in [2.75, 3.05) is 0 Å². The largest absolute Gasteiger partial charge is 0.478 e. The summed E-state index contributed by atoms with van der Waals surface area (Å²) in [5.41, 5.74) is 1.71. The van der Waals surface area contributed by atoms with E-state index in [4.69, 9.17) is 16.7 Å². The number of hydrogen-bond acceptors (Lipinski definition) is 4. The van der Waals surface area contributed by atoms with Gasteiger partial charge in [0.05, 0.1) is 29.6 Å². The fourth-order valence-corrected chi connectivity index (χ4v) is 4.03. The van der Waals surface area contributed by atoms with Crippen LogP contribution in [0.1, 0.15) is 52.1 Å². The van der Waals surface area contributed by atoms with Gasteiger partial charge < -0.3 is 14.8 Å². The molecule has 8 heteroatoms. The third-order valence-electron chi connectivity index (χ3n) is 4.66. The average Bonchev–Trinajstić information content (AvgIpc) is 3.36. The van der Waals surface area contributed by atoms with E-state index in [-0.39, 0.29) is 11.1 Å². The zero-order valence-corrected chi connectivity index (χ0v) is 17.9. The summed E-state index contributed by atoms with van der Waals surface area (Å²) < 4.78 is 1.94. The molecule has 2 heterocycles. The summed E-state index contributed by atoms with van der Waals surface area (Å²) in [6.07, 6.45) is 5.98. The number of halogens is 1.